The molecule has 0 fully saturated rings. The molecule has 11 heavy (non-hydrogen) atoms. The first kappa shape index (κ1) is 8.00. The van der Waals surface area contributed by atoms with E-state index in [1.807, 2.05) is 6.21 Å². The normalized spacial score (nSPS) is 23.1. The molecule has 0 aromatic carbocycles. The predicted molar refractivity (Wildman–Crippen MR) is 45.4 cm³/mol. The largest absolute Gasteiger partial charge is 0.274 e. The quantitative estimate of drug-likeness (QED) is 0.559. The number of dihydropyridines is 1. The summed E-state index contributed by atoms with van der Waals surface area (Å²) in [6.07, 6.45) is 4.70. The topological polar surface area (TPSA) is 36.1 Å². The fraction of sp³-hybridized carbons (Fsp3) is 0.556. The molecule has 0 amide bonds. The van der Waals surface area contributed by atoms with Crippen LogP contribution in [0.4, 0.5) is 0 Å². The Labute approximate surface area is 67.3 Å². The number of nitriles is 1. The van der Waals surface area contributed by atoms with E-state index in [0.717, 1.165) is 6.42 Å². The van der Waals surface area contributed by atoms with Gasteiger partial charge in [0.2, 0.25) is 0 Å². The SMILES string of the molecule is CC(C)C1=CCC(C#N)N=C1. The smallest absolute Gasteiger partial charge is 0.140 e. The van der Waals surface area contributed by atoms with Gasteiger partial charge in [-0.2, -0.15) is 5.26 Å². The third-order valence-corrected chi connectivity index (χ3v) is 1.80. The Morgan fingerprint density at radius 2 is 2.45 bits per heavy atom. The fourth-order valence-corrected chi connectivity index (χ4v) is 1.01. The van der Waals surface area contributed by atoms with Crippen molar-refractivity contribution in [1.82, 2.24) is 0 Å². The predicted octanol–water partition coefficient (Wildman–Crippen LogP) is 1.94. The van der Waals surface area contributed by atoms with Gasteiger partial charge in [-0.05, 0) is 11.5 Å². The maximum Gasteiger partial charge on any atom is 0.140 e. The molecule has 0 saturated carbocycles. The van der Waals surface area contributed by atoms with E-state index >= 15 is 0 Å². The highest BCUT2D eigenvalue weighted by Gasteiger charge is 2.09. The molecule has 58 valence electrons. The van der Waals surface area contributed by atoms with Crippen molar-refractivity contribution in [3.63, 3.8) is 0 Å². The number of hydrogen-bond donors (Lipinski definition) is 0. The standard InChI is InChI=1S/C9H12N2/c1-7(2)8-3-4-9(5-10)11-6-8/h3,6-7,9H,4H2,1-2H3. The molecule has 1 aliphatic heterocycles. The first-order valence-electron chi connectivity index (χ1n) is 3.87. The summed E-state index contributed by atoms with van der Waals surface area (Å²) in [6, 6.07) is 1.98. The van der Waals surface area contributed by atoms with E-state index in [1.165, 1.54) is 5.57 Å². The summed E-state index contributed by atoms with van der Waals surface area (Å²) < 4.78 is 0. The van der Waals surface area contributed by atoms with Gasteiger partial charge in [0, 0.05) is 12.6 Å². The van der Waals surface area contributed by atoms with Crippen LogP contribution in [0.15, 0.2) is 16.6 Å². The van der Waals surface area contributed by atoms with Crippen molar-refractivity contribution in [2.24, 2.45) is 10.9 Å². The molecule has 0 radical (unpaired) electrons. The highest BCUT2D eigenvalue weighted by Crippen LogP contribution is 2.14. The van der Waals surface area contributed by atoms with Crippen molar-refractivity contribution in [1.29, 1.82) is 5.26 Å². The summed E-state index contributed by atoms with van der Waals surface area (Å²) in [5.41, 5.74) is 1.25. The van der Waals surface area contributed by atoms with Gasteiger partial charge >= 0.3 is 0 Å². The van der Waals surface area contributed by atoms with Gasteiger partial charge < -0.3 is 0 Å². The third kappa shape index (κ3) is 1.91. The number of nitrogens with zero attached hydrogens (tertiary/aromatic N) is 2. The summed E-state index contributed by atoms with van der Waals surface area (Å²) in [5, 5.41) is 8.52. The molecular formula is C9H12N2. The second-order valence-electron chi connectivity index (χ2n) is 3.02. The van der Waals surface area contributed by atoms with Crippen molar-refractivity contribution < 1.29 is 0 Å². The van der Waals surface area contributed by atoms with E-state index in [1.54, 1.807) is 0 Å². The third-order valence-electron chi connectivity index (χ3n) is 1.80. The van der Waals surface area contributed by atoms with Crippen molar-refractivity contribution in [3.8, 4) is 6.07 Å². The van der Waals surface area contributed by atoms with Crippen molar-refractivity contribution in [2.75, 3.05) is 0 Å². The first-order chi connectivity index (χ1) is 5.24. The van der Waals surface area contributed by atoms with E-state index < -0.39 is 0 Å². The summed E-state index contributed by atoms with van der Waals surface area (Å²) in [4.78, 5) is 4.10. The van der Waals surface area contributed by atoms with Crippen LogP contribution in [0, 0.1) is 17.2 Å². The van der Waals surface area contributed by atoms with Crippen LogP contribution in [0.3, 0.4) is 0 Å². The van der Waals surface area contributed by atoms with Crippen molar-refractivity contribution in [2.45, 2.75) is 26.3 Å². The molecular weight excluding hydrogens is 136 g/mol. The maximum atomic E-state index is 8.52. The lowest BCUT2D eigenvalue weighted by molar-refractivity contribution is 0.762. The Balaban J connectivity index is 2.61. The molecule has 0 spiro atoms. The maximum absolute atomic E-state index is 8.52. The zero-order valence-electron chi connectivity index (χ0n) is 6.91. The average Bonchev–Trinajstić information content (AvgIpc) is 2.05. The van der Waals surface area contributed by atoms with Crippen molar-refractivity contribution in [3.05, 3.63) is 11.6 Å². The Hall–Kier alpha value is -1.10. The number of aliphatic imine (C=N–C) groups is 1. The molecule has 1 atom stereocenters. The summed E-state index contributed by atoms with van der Waals surface area (Å²) in [6.45, 7) is 4.26. The van der Waals surface area contributed by atoms with Gasteiger partial charge in [0.05, 0.1) is 6.07 Å². The molecule has 0 bridgehead atoms. The van der Waals surface area contributed by atoms with E-state index in [9.17, 15) is 0 Å². The van der Waals surface area contributed by atoms with Gasteiger partial charge in [-0.25, -0.2) is 0 Å². The first-order valence-corrected chi connectivity index (χ1v) is 3.87. The van der Waals surface area contributed by atoms with Crippen LogP contribution in [-0.4, -0.2) is 12.3 Å². The fourth-order valence-electron chi connectivity index (χ4n) is 1.01. The number of hydrogen-bond acceptors (Lipinski definition) is 2. The van der Waals surface area contributed by atoms with E-state index in [-0.39, 0.29) is 6.04 Å². The Kier molecular flexibility index (Phi) is 2.43. The molecule has 1 heterocycles. The number of allylic oxidation sites excluding steroid dienone is 1. The molecule has 0 saturated heterocycles. The minimum absolute atomic E-state index is 0.141. The van der Waals surface area contributed by atoms with Crippen LogP contribution in [0.5, 0.6) is 0 Å². The van der Waals surface area contributed by atoms with Crippen LogP contribution < -0.4 is 0 Å². The van der Waals surface area contributed by atoms with Gasteiger partial charge in [0.1, 0.15) is 6.04 Å². The van der Waals surface area contributed by atoms with Gasteiger partial charge in [-0.3, -0.25) is 4.99 Å². The van der Waals surface area contributed by atoms with E-state index in [0.29, 0.717) is 5.92 Å². The van der Waals surface area contributed by atoms with Crippen LogP contribution in [0.1, 0.15) is 20.3 Å². The minimum Gasteiger partial charge on any atom is -0.274 e. The van der Waals surface area contributed by atoms with Gasteiger partial charge in [0.15, 0.2) is 0 Å². The molecule has 1 rings (SSSR count). The van der Waals surface area contributed by atoms with Crippen molar-refractivity contribution >= 4 is 6.21 Å². The lowest BCUT2D eigenvalue weighted by atomic mass is 10.00. The lowest BCUT2D eigenvalue weighted by Crippen LogP contribution is -2.08. The van der Waals surface area contributed by atoms with Gasteiger partial charge in [-0.15, -0.1) is 0 Å². The number of rotatable bonds is 1. The second-order valence-corrected chi connectivity index (χ2v) is 3.02. The summed E-state index contributed by atoms with van der Waals surface area (Å²) in [7, 11) is 0. The Morgan fingerprint density at radius 1 is 1.73 bits per heavy atom. The zero-order valence-corrected chi connectivity index (χ0v) is 6.91. The minimum atomic E-state index is -0.141. The molecule has 0 aromatic rings. The molecule has 0 N–H and O–H groups in total. The molecule has 1 unspecified atom stereocenters. The summed E-state index contributed by atoms with van der Waals surface area (Å²) in [5.74, 6) is 0.526. The van der Waals surface area contributed by atoms with Gasteiger partial charge in [0.25, 0.3) is 0 Å². The Bertz CT molecular complexity index is 230. The van der Waals surface area contributed by atoms with E-state index in [4.69, 9.17) is 5.26 Å². The average molecular weight is 148 g/mol. The van der Waals surface area contributed by atoms with Crippen LogP contribution in [-0.2, 0) is 0 Å². The van der Waals surface area contributed by atoms with Crippen LogP contribution in [0.25, 0.3) is 0 Å². The van der Waals surface area contributed by atoms with Crippen LogP contribution in [0.2, 0.25) is 0 Å². The monoisotopic (exact) mass is 148 g/mol. The molecule has 1 aliphatic rings. The van der Waals surface area contributed by atoms with Gasteiger partial charge in [-0.1, -0.05) is 19.9 Å². The lowest BCUT2D eigenvalue weighted by Gasteiger charge is -2.11. The molecule has 0 aliphatic carbocycles. The zero-order chi connectivity index (χ0) is 8.27. The highest BCUT2D eigenvalue weighted by molar-refractivity contribution is 5.80. The summed E-state index contributed by atoms with van der Waals surface area (Å²) >= 11 is 0. The Morgan fingerprint density at radius 3 is 2.82 bits per heavy atom. The highest BCUT2D eigenvalue weighted by atomic mass is 14.8. The van der Waals surface area contributed by atoms with Crippen LogP contribution >= 0.6 is 0 Å². The second kappa shape index (κ2) is 3.34. The molecule has 0 aromatic heterocycles. The molecule has 2 heteroatoms. The van der Waals surface area contributed by atoms with E-state index in [2.05, 4.69) is 31.0 Å². The molecule has 2 nitrogen and oxygen atoms in total.